The predicted molar refractivity (Wildman–Crippen MR) is 115 cm³/mol. The van der Waals surface area contributed by atoms with E-state index in [0.717, 1.165) is 22.5 Å². The Balaban J connectivity index is 1.93. The van der Waals surface area contributed by atoms with Gasteiger partial charge in [0.1, 0.15) is 6.54 Å². The van der Waals surface area contributed by atoms with Crippen LogP contribution in [0.4, 0.5) is 0 Å². The molecule has 2 aromatic carbocycles. The molecule has 10 heteroatoms. The van der Waals surface area contributed by atoms with E-state index in [1.807, 2.05) is 42.5 Å². The molecule has 1 aliphatic heterocycles. The van der Waals surface area contributed by atoms with E-state index in [-0.39, 0.29) is 6.54 Å². The number of hydrogen-bond donors (Lipinski definition) is 1. The lowest BCUT2D eigenvalue weighted by atomic mass is 10.0. The average Bonchev–Trinajstić information content (AvgIpc) is 3.03. The summed E-state index contributed by atoms with van der Waals surface area (Å²) in [6.45, 7) is 0.259. The van der Waals surface area contributed by atoms with Crippen LogP contribution in [0.25, 0.3) is 5.69 Å². The zero-order valence-electron chi connectivity index (χ0n) is 16.4. The Morgan fingerprint density at radius 2 is 1.90 bits per heavy atom. The highest BCUT2D eigenvalue weighted by Gasteiger charge is 2.30. The highest BCUT2D eigenvalue weighted by Crippen LogP contribution is 2.31. The highest BCUT2D eigenvalue weighted by molar-refractivity contribution is 7.85. The number of fused-ring (bicyclic) bond motifs is 3. The topological polar surface area (TPSA) is 101 Å². The average molecular weight is 446 g/mol. The smallest absolute Gasteiger partial charge is 0.266 e. The molecule has 1 N–H and O–H groups in total. The van der Waals surface area contributed by atoms with Crippen LogP contribution >= 0.6 is 11.6 Å². The summed E-state index contributed by atoms with van der Waals surface area (Å²) < 4.78 is 34.5. The summed E-state index contributed by atoms with van der Waals surface area (Å²) in [6.07, 6.45) is 0. The summed E-state index contributed by atoms with van der Waals surface area (Å²) >= 11 is 6.31. The molecule has 1 aromatic heterocycles. The summed E-state index contributed by atoms with van der Waals surface area (Å²) in [4.78, 5) is 6.45. The zero-order chi connectivity index (χ0) is 21.5. The summed E-state index contributed by atoms with van der Waals surface area (Å²) in [5.74, 6) is 0.468. The normalized spacial score (nSPS) is 14.6. The Hall–Kier alpha value is -2.59. The second-order valence-corrected chi connectivity index (χ2v) is 9.16. The van der Waals surface area contributed by atoms with Gasteiger partial charge in [-0.3, -0.25) is 19.0 Å². The van der Waals surface area contributed by atoms with Crippen LogP contribution in [0.3, 0.4) is 0 Å². The second-order valence-electron chi connectivity index (χ2n) is 7.23. The first-order valence-corrected chi connectivity index (χ1v) is 11.2. The van der Waals surface area contributed by atoms with Crippen LogP contribution in [0.15, 0.2) is 53.5 Å². The summed E-state index contributed by atoms with van der Waals surface area (Å²) in [5, 5.41) is 9.08. The molecule has 30 heavy (non-hydrogen) atoms. The Kier molecular flexibility index (Phi) is 5.46. The van der Waals surface area contributed by atoms with Crippen molar-refractivity contribution in [3.05, 3.63) is 76.3 Å². The standard InChI is InChI=1S/C20H20ClN5O3S/c1-25(2)17(12-30(27,28)29)20-24-23-18-11-22-19(13-6-4-3-5-7-13)15-10-14(21)8-9-16(15)26(18)20/h3-10,17H,11-12H2,1-2H3,(H,27,28,29). The SMILES string of the molecule is CN(C)C(CS(=O)(=O)O)c1nnc2n1-c1ccc(Cl)cc1C(c1ccccc1)=NC2. The van der Waals surface area contributed by atoms with Crippen molar-refractivity contribution in [2.24, 2.45) is 4.99 Å². The molecule has 1 atom stereocenters. The molecule has 0 radical (unpaired) electrons. The second kappa shape index (κ2) is 7.92. The number of halogens is 1. The Morgan fingerprint density at radius 1 is 1.17 bits per heavy atom. The van der Waals surface area contributed by atoms with E-state index in [9.17, 15) is 13.0 Å². The van der Waals surface area contributed by atoms with Gasteiger partial charge in [-0.15, -0.1) is 10.2 Å². The van der Waals surface area contributed by atoms with Gasteiger partial charge >= 0.3 is 0 Å². The van der Waals surface area contributed by atoms with E-state index in [0.29, 0.717) is 16.7 Å². The molecule has 1 unspecified atom stereocenters. The lowest BCUT2D eigenvalue weighted by molar-refractivity contribution is 0.301. The van der Waals surface area contributed by atoms with Crippen molar-refractivity contribution in [1.29, 1.82) is 0 Å². The molecule has 0 amide bonds. The van der Waals surface area contributed by atoms with Crippen molar-refractivity contribution in [3.8, 4) is 5.69 Å². The lowest BCUT2D eigenvalue weighted by Crippen LogP contribution is -2.30. The quantitative estimate of drug-likeness (QED) is 0.606. The molecule has 156 valence electrons. The first kappa shape index (κ1) is 20.7. The maximum atomic E-state index is 11.6. The fourth-order valence-corrected chi connectivity index (χ4v) is 4.55. The minimum atomic E-state index is -4.24. The molecule has 0 saturated heterocycles. The lowest BCUT2D eigenvalue weighted by Gasteiger charge is -2.23. The molecule has 8 nitrogen and oxygen atoms in total. The van der Waals surface area contributed by atoms with E-state index in [2.05, 4.69) is 10.2 Å². The number of aromatic nitrogens is 3. The number of rotatable bonds is 5. The maximum Gasteiger partial charge on any atom is 0.266 e. The van der Waals surface area contributed by atoms with Crippen molar-refractivity contribution in [2.75, 3.05) is 19.8 Å². The predicted octanol–water partition coefficient (Wildman–Crippen LogP) is 2.76. The third-order valence-corrected chi connectivity index (χ3v) is 5.90. The van der Waals surface area contributed by atoms with Gasteiger partial charge in [0.2, 0.25) is 0 Å². The minimum Gasteiger partial charge on any atom is -0.299 e. The number of nitrogens with zero attached hydrogens (tertiary/aromatic N) is 5. The maximum absolute atomic E-state index is 11.6. The van der Waals surface area contributed by atoms with Crippen LogP contribution in [-0.4, -0.2) is 58.2 Å². The molecule has 2 heterocycles. The number of hydrogen-bond acceptors (Lipinski definition) is 6. The van der Waals surface area contributed by atoms with Crippen molar-refractivity contribution in [2.45, 2.75) is 12.6 Å². The molecular formula is C20H20ClN5O3S. The Bertz CT molecular complexity index is 1220. The van der Waals surface area contributed by atoms with Gasteiger partial charge in [0.05, 0.1) is 23.2 Å². The van der Waals surface area contributed by atoms with Gasteiger partial charge in [0.15, 0.2) is 11.6 Å². The first-order chi connectivity index (χ1) is 14.2. The number of aliphatic imine (C=N–C) groups is 1. The highest BCUT2D eigenvalue weighted by atomic mass is 35.5. The van der Waals surface area contributed by atoms with Gasteiger partial charge < -0.3 is 0 Å². The van der Waals surface area contributed by atoms with Gasteiger partial charge in [-0.2, -0.15) is 8.42 Å². The molecule has 1 aliphatic rings. The van der Waals surface area contributed by atoms with Crippen LogP contribution in [0.5, 0.6) is 0 Å². The van der Waals surface area contributed by atoms with Gasteiger partial charge in [-0.1, -0.05) is 41.9 Å². The Morgan fingerprint density at radius 3 is 2.57 bits per heavy atom. The molecule has 4 rings (SSSR count). The zero-order valence-corrected chi connectivity index (χ0v) is 18.0. The molecule has 0 spiro atoms. The van der Waals surface area contributed by atoms with E-state index >= 15 is 0 Å². The Labute approximate surface area is 179 Å². The minimum absolute atomic E-state index is 0.259. The van der Waals surface area contributed by atoms with Crippen LogP contribution in [0.2, 0.25) is 5.02 Å². The largest absolute Gasteiger partial charge is 0.299 e. The van der Waals surface area contributed by atoms with Gasteiger partial charge in [-0.25, -0.2) is 0 Å². The molecule has 3 aromatic rings. The molecule has 0 saturated carbocycles. The summed E-state index contributed by atoms with van der Waals surface area (Å²) in [5.41, 5.74) is 3.23. The third kappa shape index (κ3) is 4.01. The van der Waals surface area contributed by atoms with Crippen LogP contribution in [-0.2, 0) is 16.7 Å². The summed E-state index contributed by atoms with van der Waals surface area (Å²) in [6, 6.07) is 14.5. The van der Waals surface area contributed by atoms with Crippen LogP contribution < -0.4 is 0 Å². The van der Waals surface area contributed by atoms with Crippen LogP contribution in [0, 0.1) is 0 Å². The summed E-state index contributed by atoms with van der Waals surface area (Å²) in [7, 11) is -0.790. The van der Waals surface area contributed by atoms with Gasteiger partial charge in [-0.05, 0) is 32.3 Å². The fourth-order valence-electron chi connectivity index (χ4n) is 3.54. The molecule has 0 aliphatic carbocycles. The van der Waals surface area contributed by atoms with Crippen molar-refractivity contribution >= 4 is 27.4 Å². The van der Waals surface area contributed by atoms with Crippen molar-refractivity contribution in [3.63, 3.8) is 0 Å². The van der Waals surface area contributed by atoms with E-state index in [1.165, 1.54) is 0 Å². The number of benzene rings is 2. The third-order valence-electron chi connectivity index (χ3n) is 4.93. The molecular weight excluding hydrogens is 426 g/mol. The first-order valence-electron chi connectivity index (χ1n) is 9.20. The van der Waals surface area contributed by atoms with E-state index in [4.69, 9.17) is 16.6 Å². The van der Waals surface area contributed by atoms with Gasteiger partial charge in [0.25, 0.3) is 10.1 Å². The fraction of sp³-hybridized carbons (Fsp3) is 0.250. The van der Waals surface area contributed by atoms with E-state index < -0.39 is 21.9 Å². The van der Waals surface area contributed by atoms with Crippen molar-refractivity contribution < 1.29 is 13.0 Å². The van der Waals surface area contributed by atoms with Crippen LogP contribution in [0.1, 0.15) is 28.8 Å². The van der Waals surface area contributed by atoms with Gasteiger partial charge in [0, 0.05) is 16.1 Å². The monoisotopic (exact) mass is 445 g/mol. The van der Waals surface area contributed by atoms with Crippen molar-refractivity contribution in [1.82, 2.24) is 19.7 Å². The van der Waals surface area contributed by atoms with E-state index in [1.54, 1.807) is 29.6 Å². The molecule has 0 fully saturated rings. The molecule has 0 bridgehead atoms.